The lowest BCUT2D eigenvalue weighted by Crippen LogP contribution is -2.32. The third kappa shape index (κ3) is 8.74. The molecule has 0 unspecified atom stereocenters. The Hall–Kier alpha value is -6.10. The van der Waals surface area contributed by atoms with Crippen molar-refractivity contribution in [3.05, 3.63) is 131 Å². The molecule has 1 N–H and O–H groups in total. The standard InChI is InChI=1S/C17H14FN3O4.C12H9BrFNO2.C5H6N2O2/c1-25-17(24)12-7-19-20(10-12)8-11(6-18)9-21-15(22)13-4-2-3-5-14(13)16(21)23;13-5-8(6-14)7-15-11(16)9-3-1-2-4-10(9)12(15)17;1-9-5(8)4-2-6-7-3-4/h2-7,10H,8-9H2,1H3;1-4,6H,5,7H2;2-3H,1H3,(H,6,7)/b11-6-;8-6-;. The van der Waals surface area contributed by atoms with E-state index in [9.17, 15) is 37.5 Å². The van der Waals surface area contributed by atoms with Gasteiger partial charge in [0, 0.05) is 17.7 Å². The predicted octanol–water partition coefficient (Wildman–Crippen LogP) is 4.55. The van der Waals surface area contributed by atoms with E-state index < -0.39 is 17.8 Å². The minimum atomic E-state index is -0.558. The first kappa shape index (κ1) is 37.7. The number of aromatic nitrogens is 4. The van der Waals surface area contributed by atoms with Crippen molar-refractivity contribution in [3.63, 3.8) is 0 Å². The van der Waals surface area contributed by atoms with Crippen molar-refractivity contribution in [2.45, 2.75) is 6.54 Å². The molecular formula is C34H29BrF2N6O8. The van der Waals surface area contributed by atoms with Crippen molar-refractivity contribution in [2.75, 3.05) is 32.6 Å². The van der Waals surface area contributed by atoms with Crippen LogP contribution in [0.4, 0.5) is 8.78 Å². The van der Waals surface area contributed by atoms with Gasteiger partial charge in [-0.2, -0.15) is 10.2 Å². The quantitative estimate of drug-likeness (QED) is 0.145. The van der Waals surface area contributed by atoms with E-state index in [0.717, 1.165) is 9.80 Å². The van der Waals surface area contributed by atoms with E-state index >= 15 is 0 Å². The summed E-state index contributed by atoms with van der Waals surface area (Å²) in [6.45, 7) is -0.231. The van der Waals surface area contributed by atoms with Crippen molar-refractivity contribution >= 4 is 51.5 Å². The summed E-state index contributed by atoms with van der Waals surface area (Å²) in [5.74, 6) is -2.59. The van der Waals surface area contributed by atoms with Crippen molar-refractivity contribution < 1.29 is 47.0 Å². The van der Waals surface area contributed by atoms with Crippen molar-refractivity contribution in [3.8, 4) is 0 Å². The van der Waals surface area contributed by atoms with Crippen LogP contribution >= 0.6 is 15.9 Å². The summed E-state index contributed by atoms with van der Waals surface area (Å²) in [5, 5.41) is 10.3. The maximum Gasteiger partial charge on any atom is 0.341 e. The molecule has 2 aromatic carbocycles. The zero-order valence-electron chi connectivity index (χ0n) is 27.0. The molecule has 0 atom stereocenters. The molecule has 6 rings (SSSR count). The van der Waals surface area contributed by atoms with Crippen LogP contribution in [0.15, 0.2) is 97.1 Å². The molecule has 0 radical (unpaired) electrons. The van der Waals surface area contributed by atoms with Crippen molar-refractivity contribution in [1.82, 2.24) is 29.8 Å². The van der Waals surface area contributed by atoms with Crippen LogP contribution in [0, 0.1) is 0 Å². The molecule has 264 valence electrons. The molecule has 2 aliphatic rings. The van der Waals surface area contributed by atoms with Crippen LogP contribution in [0.5, 0.6) is 0 Å². The number of halogens is 3. The van der Waals surface area contributed by atoms with Crippen molar-refractivity contribution in [2.24, 2.45) is 0 Å². The molecule has 17 heteroatoms. The summed E-state index contributed by atoms with van der Waals surface area (Å²) in [5.41, 5.74) is 2.54. The van der Waals surface area contributed by atoms with E-state index in [4.69, 9.17) is 0 Å². The number of rotatable bonds is 9. The first-order chi connectivity index (χ1) is 24.6. The first-order valence-electron chi connectivity index (χ1n) is 14.8. The average Bonchev–Trinajstić information content (AvgIpc) is 3.96. The Morgan fingerprint density at radius 3 is 1.57 bits per heavy atom. The smallest absolute Gasteiger partial charge is 0.341 e. The number of H-pyrrole nitrogens is 1. The molecule has 4 amide bonds. The van der Waals surface area contributed by atoms with Gasteiger partial charge in [-0.25, -0.2) is 18.4 Å². The summed E-state index contributed by atoms with van der Waals surface area (Å²) in [7, 11) is 2.57. The topological polar surface area (TPSA) is 174 Å². The monoisotopic (exact) mass is 766 g/mol. The van der Waals surface area contributed by atoms with Crippen LogP contribution in [0.3, 0.4) is 0 Å². The molecule has 0 saturated carbocycles. The number of hydrogen-bond donors (Lipinski definition) is 1. The SMILES string of the molecule is COC(=O)c1cn[nH]c1.COC(=O)c1cnn(C/C(=C/F)CN2C(=O)c3ccccc3C2=O)c1.O=C1c2ccccc2C(=O)N1C/C(=C\F)CBr. The Bertz CT molecular complexity index is 1940. The molecule has 0 aliphatic carbocycles. The van der Waals surface area contributed by atoms with Gasteiger partial charge in [0.15, 0.2) is 0 Å². The maximum absolute atomic E-state index is 13.3. The van der Waals surface area contributed by atoms with E-state index in [-0.39, 0.29) is 53.9 Å². The highest BCUT2D eigenvalue weighted by Gasteiger charge is 2.36. The highest BCUT2D eigenvalue weighted by Crippen LogP contribution is 2.25. The third-order valence-corrected chi connectivity index (χ3v) is 8.02. The van der Waals surface area contributed by atoms with Gasteiger partial charge in [0.05, 0.1) is 92.3 Å². The Morgan fingerprint density at radius 2 is 1.18 bits per heavy atom. The van der Waals surface area contributed by atoms with Crippen molar-refractivity contribution in [1.29, 1.82) is 0 Å². The highest BCUT2D eigenvalue weighted by atomic mass is 79.9. The van der Waals surface area contributed by atoms with E-state index in [2.05, 4.69) is 40.7 Å². The lowest BCUT2D eigenvalue weighted by molar-refractivity contribution is 0.0592. The number of esters is 2. The van der Waals surface area contributed by atoms with E-state index in [1.54, 1.807) is 48.5 Å². The van der Waals surface area contributed by atoms with Gasteiger partial charge in [0.25, 0.3) is 23.6 Å². The lowest BCUT2D eigenvalue weighted by atomic mass is 10.1. The number of benzene rings is 2. The normalized spacial score (nSPS) is 13.6. The first-order valence-corrected chi connectivity index (χ1v) is 15.9. The van der Waals surface area contributed by atoms with Crippen LogP contribution in [0.2, 0.25) is 0 Å². The molecule has 0 bridgehead atoms. The van der Waals surface area contributed by atoms with E-state index in [0.29, 0.717) is 46.0 Å². The number of nitrogens with zero attached hydrogens (tertiary/aromatic N) is 5. The molecule has 0 fully saturated rings. The Balaban J connectivity index is 0.000000192. The number of alkyl halides is 1. The van der Waals surface area contributed by atoms with E-state index in [1.165, 1.54) is 43.7 Å². The number of nitrogens with one attached hydrogen (secondary N) is 1. The van der Waals surface area contributed by atoms with Gasteiger partial charge in [-0.3, -0.25) is 38.8 Å². The second kappa shape index (κ2) is 17.5. The predicted molar refractivity (Wildman–Crippen MR) is 179 cm³/mol. The molecule has 51 heavy (non-hydrogen) atoms. The summed E-state index contributed by atoms with van der Waals surface area (Å²) >= 11 is 3.10. The number of carbonyl (C=O) groups is 6. The molecule has 2 aliphatic heterocycles. The molecular weight excluding hydrogens is 738 g/mol. The molecule has 0 saturated heterocycles. The second-order valence-electron chi connectivity index (χ2n) is 10.5. The number of imide groups is 2. The minimum Gasteiger partial charge on any atom is -0.465 e. The zero-order chi connectivity index (χ0) is 37.1. The number of amides is 4. The van der Waals surface area contributed by atoms with Crippen LogP contribution in [0.25, 0.3) is 0 Å². The molecule has 0 spiro atoms. The lowest BCUT2D eigenvalue weighted by Gasteiger charge is -2.15. The van der Waals surface area contributed by atoms with Crippen LogP contribution in [0.1, 0.15) is 62.1 Å². The highest BCUT2D eigenvalue weighted by molar-refractivity contribution is 9.09. The summed E-state index contributed by atoms with van der Waals surface area (Å²) in [6.07, 6.45) is 6.33. The van der Waals surface area contributed by atoms with Gasteiger partial charge >= 0.3 is 11.9 Å². The fourth-order valence-electron chi connectivity index (χ4n) is 4.76. The van der Waals surface area contributed by atoms with Gasteiger partial charge in [-0.1, -0.05) is 40.2 Å². The fourth-order valence-corrected chi connectivity index (χ4v) is 5.06. The van der Waals surface area contributed by atoms with E-state index in [1.807, 2.05) is 0 Å². The molecule has 2 aromatic heterocycles. The zero-order valence-corrected chi connectivity index (χ0v) is 28.6. The van der Waals surface area contributed by atoms with Crippen LogP contribution < -0.4 is 0 Å². The van der Waals surface area contributed by atoms with Gasteiger partial charge in [0.2, 0.25) is 0 Å². The Labute approximate surface area is 297 Å². The number of fused-ring (bicyclic) bond motifs is 2. The molecule has 14 nitrogen and oxygen atoms in total. The average molecular weight is 768 g/mol. The third-order valence-electron chi connectivity index (χ3n) is 7.30. The summed E-state index contributed by atoms with van der Waals surface area (Å²) < 4.78 is 36.0. The second-order valence-corrected chi connectivity index (χ2v) is 11.1. The van der Waals surface area contributed by atoms with Crippen LogP contribution in [-0.2, 0) is 16.0 Å². The van der Waals surface area contributed by atoms with Gasteiger partial charge < -0.3 is 9.47 Å². The Morgan fingerprint density at radius 1 is 0.725 bits per heavy atom. The summed E-state index contributed by atoms with van der Waals surface area (Å²) in [6, 6.07) is 13.0. The minimum absolute atomic E-state index is 0.0130. The number of methoxy groups -OCH3 is 2. The van der Waals surface area contributed by atoms with Gasteiger partial charge in [0.1, 0.15) is 0 Å². The Kier molecular flexibility index (Phi) is 13.0. The number of ether oxygens (including phenoxy) is 2. The van der Waals surface area contributed by atoms with Gasteiger partial charge in [-0.05, 0) is 35.4 Å². The molecule has 4 heterocycles. The van der Waals surface area contributed by atoms with Gasteiger partial charge in [-0.15, -0.1) is 0 Å². The number of hydrogen-bond acceptors (Lipinski definition) is 10. The molecule has 4 aromatic rings. The summed E-state index contributed by atoms with van der Waals surface area (Å²) in [4.78, 5) is 72.5. The maximum atomic E-state index is 13.3. The number of aromatic amines is 1. The van der Waals surface area contributed by atoms with Crippen LogP contribution in [-0.4, -0.2) is 98.0 Å². The largest absolute Gasteiger partial charge is 0.465 e. The number of carbonyl (C=O) groups excluding carboxylic acids is 6. The fraction of sp³-hybridized carbons (Fsp3) is 0.176.